The lowest BCUT2D eigenvalue weighted by Gasteiger charge is -2.25. The van der Waals surface area contributed by atoms with Gasteiger partial charge >= 0.3 is 5.97 Å². The Morgan fingerprint density at radius 2 is 1.78 bits per heavy atom. The van der Waals surface area contributed by atoms with Gasteiger partial charge in [0.05, 0.1) is 12.1 Å². The second-order valence-electron chi connectivity index (χ2n) is 5.18. The number of rotatable bonds is 5. The van der Waals surface area contributed by atoms with Crippen LogP contribution in [0.15, 0.2) is 36.4 Å². The van der Waals surface area contributed by atoms with E-state index in [1.54, 1.807) is 50.2 Å². The number of amides is 1. The van der Waals surface area contributed by atoms with Crippen LogP contribution in [0.2, 0.25) is 5.02 Å². The van der Waals surface area contributed by atoms with Crippen LogP contribution in [0.1, 0.15) is 23.5 Å². The van der Waals surface area contributed by atoms with Crippen molar-refractivity contribution >= 4 is 39.8 Å². The largest absolute Gasteiger partial charge is 0.478 e. The zero-order chi connectivity index (χ0) is 17.0. The van der Waals surface area contributed by atoms with E-state index in [0.717, 1.165) is 11.3 Å². The standard InChI is InChI=1S/C16H16ClNO4S/c1-16(2,22-11-6-4-10(17)5-7-11)15(20)18-13-9-8-12(23-13)14(19)21-3/h4-9H,1-3H3,(H,18,20). The maximum absolute atomic E-state index is 12.4. The van der Waals surface area contributed by atoms with Crippen LogP contribution in [0.5, 0.6) is 5.75 Å². The van der Waals surface area contributed by atoms with Crippen LogP contribution >= 0.6 is 22.9 Å². The van der Waals surface area contributed by atoms with Crippen molar-refractivity contribution in [3.63, 3.8) is 0 Å². The lowest BCUT2D eigenvalue weighted by atomic mass is 10.1. The minimum absolute atomic E-state index is 0.328. The molecule has 0 spiro atoms. The molecule has 0 fully saturated rings. The van der Waals surface area contributed by atoms with E-state index in [9.17, 15) is 9.59 Å². The number of methoxy groups -OCH3 is 1. The van der Waals surface area contributed by atoms with Gasteiger partial charge in [-0.25, -0.2) is 4.79 Å². The van der Waals surface area contributed by atoms with Gasteiger partial charge < -0.3 is 14.8 Å². The zero-order valence-electron chi connectivity index (χ0n) is 12.9. The zero-order valence-corrected chi connectivity index (χ0v) is 14.5. The number of nitrogens with one attached hydrogen (secondary N) is 1. The van der Waals surface area contributed by atoms with E-state index in [1.165, 1.54) is 7.11 Å². The van der Waals surface area contributed by atoms with Crippen molar-refractivity contribution in [1.82, 2.24) is 0 Å². The summed E-state index contributed by atoms with van der Waals surface area (Å²) in [5, 5.41) is 3.87. The van der Waals surface area contributed by atoms with Crippen molar-refractivity contribution in [2.24, 2.45) is 0 Å². The van der Waals surface area contributed by atoms with Crippen molar-refractivity contribution in [1.29, 1.82) is 0 Å². The predicted octanol–water partition coefficient (Wildman–Crippen LogP) is 3.98. The highest BCUT2D eigenvalue weighted by Gasteiger charge is 2.30. The van der Waals surface area contributed by atoms with Crippen molar-refractivity contribution < 1.29 is 19.1 Å². The third-order valence-corrected chi connectivity index (χ3v) is 4.20. The molecule has 0 aliphatic rings. The Morgan fingerprint density at radius 3 is 2.39 bits per heavy atom. The first kappa shape index (κ1) is 17.3. The first-order valence-corrected chi connectivity index (χ1v) is 7.95. The number of ether oxygens (including phenoxy) is 2. The second kappa shape index (κ2) is 7.02. The number of hydrogen-bond donors (Lipinski definition) is 1. The number of carbonyl (C=O) groups excluding carboxylic acids is 2. The normalized spacial score (nSPS) is 11.0. The van der Waals surface area contributed by atoms with E-state index >= 15 is 0 Å². The quantitative estimate of drug-likeness (QED) is 0.825. The summed E-state index contributed by atoms with van der Waals surface area (Å²) in [6.07, 6.45) is 0. The number of thiophene rings is 1. The average molecular weight is 354 g/mol. The Labute approximate surface area is 143 Å². The van der Waals surface area contributed by atoms with Gasteiger partial charge in [0.25, 0.3) is 5.91 Å². The molecule has 0 bridgehead atoms. The van der Waals surface area contributed by atoms with E-state index in [0.29, 0.717) is 20.7 Å². The summed E-state index contributed by atoms with van der Waals surface area (Å²) < 4.78 is 10.3. The fraction of sp³-hybridized carbons (Fsp3) is 0.250. The predicted molar refractivity (Wildman–Crippen MR) is 90.4 cm³/mol. The average Bonchev–Trinajstić information content (AvgIpc) is 2.97. The third kappa shape index (κ3) is 4.46. The summed E-state index contributed by atoms with van der Waals surface area (Å²) >= 11 is 6.96. The Morgan fingerprint density at radius 1 is 1.13 bits per heavy atom. The van der Waals surface area contributed by atoms with Crippen LogP contribution in [0.3, 0.4) is 0 Å². The molecule has 0 saturated heterocycles. The summed E-state index contributed by atoms with van der Waals surface area (Å²) in [5.41, 5.74) is -1.09. The molecule has 2 aromatic rings. The monoisotopic (exact) mass is 353 g/mol. The molecule has 0 aliphatic carbocycles. The van der Waals surface area contributed by atoms with Crippen molar-refractivity contribution in [3.05, 3.63) is 46.3 Å². The van der Waals surface area contributed by atoms with E-state index in [4.69, 9.17) is 16.3 Å². The van der Waals surface area contributed by atoms with Gasteiger partial charge in [-0.05, 0) is 50.2 Å². The van der Waals surface area contributed by atoms with Gasteiger partial charge in [0.1, 0.15) is 10.6 Å². The van der Waals surface area contributed by atoms with Crippen molar-refractivity contribution in [2.45, 2.75) is 19.4 Å². The number of esters is 1. The highest BCUT2D eigenvalue weighted by molar-refractivity contribution is 7.18. The fourth-order valence-electron chi connectivity index (χ4n) is 1.72. The van der Waals surface area contributed by atoms with Crippen LogP contribution in [0.25, 0.3) is 0 Å². The minimum atomic E-state index is -1.09. The van der Waals surface area contributed by atoms with Crippen LogP contribution in [-0.2, 0) is 9.53 Å². The van der Waals surface area contributed by atoms with Gasteiger partial charge in [-0.15, -0.1) is 11.3 Å². The molecule has 1 heterocycles. The molecule has 5 nitrogen and oxygen atoms in total. The van der Waals surface area contributed by atoms with Gasteiger partial charge in [0, 0.05) is 5.02 Å². The third-order valence-electron chi connectivity index (χ3n) is 2.96. The smallest absolute Gasteiger partial charge is 0.348 e. The molecule has 1 aromatic carbocycles. The molecule has 0 unspecified atom stereocenters. The molecule has 1 N–H and O–H groups in total. The number of benzene rings is 1. The van der Waals surface area contributed by atoms with Crippen LogP contribution < -0.4 is 10.1 Å². The van der Waals surface area contributed by atoms with Crippen LogP contribution in [-0.4, -0.2) is 24.6 Å². The molecule has 0 saturated carbocycles. The summed E-state index contributed by atoms with van der Waals surface area (Å²) in [6.45, 7) is 3.32. The van der Waals surface area contributed by atoms with Crippen molar-refractivity contribution in [3.8, 4) is 5.75 Å². The lowest BCUT2D eigenvalue weighted by Crippen LogP contribution is -2.42. The lowest BCUT2D eigenvalue weighted by molar-refractivity contribution is -0.128. The van der Waals surface area contributed by atoms with Gasteiger partial charge in [-0.2, -0.15) is 0 Å². The molecule has 2 rings (SSSR count). The Kier molecular flexibility index (Phi) is 5.28. The summed E-state index contributed by atoms with van der Waals surface area (Å²) in [4.78, 5) is 24.2. The molecule has 0 atom stereocenters. The molecular weight excluding hydrogens is 338 g/mol. The number of hydrogen-bond acceptors (Lipinski definition) is 5. The van der Waals surface area contributed by atoms with Gasteiger partial charge in [-0.1, -0.05) is 11.6 Å². The van der Waals surface area contributed by atoms with Gasteiger partial charge in [0.2, 0.25) is 0 Å². The number of halogens is 1. The molecule has 0 radical (unpaired) electrons. The summed E-state index contributed by atoms with van der Waals surface area (Å²) in [5.74, 6) is -0.228. The van der Waals surface area contributed by atoms with E-state index in [-0.39, 0.29) is 5.91 Å². The molecule has 0 aliphatic heterocycles. The maximum atomic E-state index is 12.4. The highest BCUT2D eigenvalue weighted by Crippen LogP contribution is 2.25. The van der Waals surface area contributed by atoms with Crippen molar-refractivity contribution in [2.75, 3.05) is 12.4 Å². The highest BCUT2D eigenvalue weighted by atomic mass is 35.5. The SMILES string of the molecule is COC(=O)c1ccc(NC(=O)C(C)(C)Oc2ccc(Cl)cc2)s1. The van der Waals surface area contributed by atoms with E-state index in [2.05, 4.69) is 10.1 Å². The Hall–Kier alpha value is -2.05. The van der Waals surface area contributed by atoms with Gasteiger partial charge in [0.15, 0.2) is 5.60 Å². The molecule has 1 aromatic heterocycles. The van der Waals surface area contributed by atoms with Gasteiger partial charge in [-0.3, -0.25) is 4.79 Å². The molecule has 23 heavy (non-hydrogen) atoms. The first-order valence-electron chi connectivity index (χ1n) is 6.76. The number of carbonyl (C=O) groups is 2. The maximum Gasteiger partial charge on any atom is 0.348 e. The molecule has 7 heteroatoms. The first-order chi connectivity index (χ1) is 10.8. The fourth-order valence-corrected chi connectivity index (χ4v) is 2.67. The van der Waals surface area contributed by atoms with Crippen LogP contribution in [0, 0.1) is 0 Å². The number of anilines is 1. The Bertz CT molecular complexity index is 709. The van der Waals surface area contributed by atoms with E-state index < -0.39 is 11.6 Å². The van der Waals surface area contributed by atoms with E-state index in [1.807, 2.05) is 0 Å². The summed E-state index contributed by atoms with van der Waals surface area (Å²) in [7, 11) is 1.31. The summed E-state index contributed by atoms with van der Waals surface area (Å²) in [6, 6.07) is 10.0. The van der Waals surface area contributed by atoms with Crippen LogP contribution in [0.4, 0.5) is 5.00 Å². The second-order valence-corrected chi connectivity index (χ2v) is 6.70. The topological polar surface area (TPSA) is 64.6 Å². The minimum Gasteiger partial charge on any atom is -0.478 e. The molecule has 1 amide bonds. The molecular formula is C16H16ClNO4S. The Balaban J connectivity index is 2.04. The molecule has 122 valence electrons.